The van der Waals surface area contributed by atoms with Gasteiger partial charge in [-0.15, -0.1) is 0 Å². The molecule has 0 saturated heterocycles. The van der Waals surface area contributed by atoms with E-state index in [0.717, 1.165) is 0 Å². The number of benzene rings is 2. The molecule has 0 saturated carbocycles. The molecule has 128 valence electrons. The highest BCUT2D eigenvalue weighted by atomic mass is 32.2. The Kier molecular flexibility index (Phi) is 5.94. The van der Waals surface area contributed by atoms with Gasteiger partial charge in [0.25, 0.3) is 0 Å². The van der Waals surface area contributed by atoms with Gasteiger partial charge in [-0.25, -0.2) is 17.9 Å². The maximum Gasteiger partial charge on any atom is 0.323 e. The Morgan fingerprint density at radius 2 is 1.50 bits per heavy atom. The molecule has 0 fully saturated rings. The van der Waals surface area contributed by atoms with Crippen molar-refractivity contribution in [2.75, 3.05) is 10.6 Å². The lowest BCUT2D eigenvalue weighted by molar-refractivity contribution is 0.262. The fraction of sp³-hybridized carbons (Fsp3) is 0.235. The van der Waals surface area contributed by atoms with Crippen LogP contribution in [0.15, 0.2) is 59.5 Å². The van der Waals surface area contributed by atoms with E-state index in [9.17, 15) is 13.2 Å². The summed E-state index contributed by atoms with van der Waals surface area (Å²) in [5.41, 5.74) is 1.18. The highest BCUT2D eigenvalue weighted by Gasteiger charge is 2.16. The number of sulfonamides is 1. The monoisotopic (exact) mass is 347 g/mol. The van der Waals surface area contributed by atoms with E-state index in [-0.39, 0.29) is 10.9 Å². The fourth-order valence-corrected chi connectivity index (χ4v) is 3.28. The van der Waals surface area contributed by atoms with Crippen molar-refractivity contribution in [2.45, 2.75) is 31.2 Å². The third-order valence-electron chi connectivity index (χ3n) is 3.42. The molecular weight excluding hydrogens is 326 g/mol. The Hall–Kier alpha value is -2.38. The minimum atomic E-state index is -3.54. The summed E-state index contributed by atoms with van der Waals surface area (Å²) in [6, 6.07) is 14.5. The van der Waals surface area contributed by atoms with Crippen molar-refractivity contribution in [3.63, 3.8) is 0 Å². The van der Waals surface area contributed by atoms with Crippen LogP contribution in [0.3, 0.4) is 0 Å². The van der Waals surface area contributed by atoms with Crippen molar-refractivity contribution >= 4 is 27.4 Å². The van der Waals surface area contributed by atoms with Crippen molar-refractivity contribution in [2.24, 2.45) is 0 Å². The Labute approximate surface area is 142 Å². The number of urea groups is 1. The maximum absolute atomic E-state index is 12.2. The van der Waals surface area contributed by atoms with Crippen LogP contribution in [-0.4, -0.2) is 20.5 Å². The van der Waals surface area contributed by atoms with Crippen molar-refractivity contribution in [3.05, 3.63) is 54.6 Å². The summed E-state index contributed by atoms with van der Waals surface area (Å²) in [5, 5.41) is 5.34. The van der Waals surface area contributed by atoms with Gasteiger partial charge in [0.2, 0.25) is 10.0 Å². The summed E-state index contributed by atoms with van der Waals surface area (Å²) in [7, 11) is -3.54. The van der Waals surface area contributed by atoms with Gasteiger partial charge in [0, 0.05) is 17.4 Å². The SMILES string of the molecule is CCC(C)NS(=O)(=O)c1ccc(NC(=O)Nc2ccccc2)cc1. The number of hydrogen-bond acceptors (Lipinski definition) is 3. The second-order valence-corrected chi connectivity index (χ2v) is 7.11. The van der Waals surface area contributed by atoms with E-state index in [1.54, 1.807) is 31.2 Å². The van der Waals surface area contributed by atoms with Gasteiger partial charge in [-0.1, -0.05) is 25.1 Å². The van der Waals surface area contributed by atoms with Crippen LogP contribution in [0.25, 0.3) is 0 Å². The van der Waals surface area contributed by atoms with Gasteiger partial charge in [0.05, 0.1) is 4.90 Å². The van der Waals surface area contributed by atoms with E-state index >= 15 is 0 Å². The quantitative estimate of drug-likeness (QED) is 0.748. The van der Waals surface area contributed by atoms with Gasteiger partial charge in [-0.05, 0) is 49.7 Å². The van der Waals surface area contributed by atoms with Crippen molar-refractivity contribution in [1.29, 1.82) is 0 Å². The van der Waals surface area contributed by atoms with Crippen molar-refractivity contribution < 1.29 is 13.2 Å². The van der Waals surface area contributed by atoms with Crippen LogP contribution in [0, 0.1) is 0 Å². The standard InChI is InChI=1S/C17H21N3O3S/c1-3-13(2)20-24(22,23)16-11-9-15(10-12-16)19-17(21)18-14-7-5-4-6-8-14/h4-13,20H,3H2,1-2H3,(H2,18,19,21). The van der Waals surface area contributed by atoms with Gasteiger partial charge in [-0.2, -0.15) is 0 Å². The molecule has 6 nitrogen and oxygen atoms in total. The molecule has 0 heterocycles. The van der Waals surface area contributed by atoms with E-state index < -0.39 is 16.1 Å². The Morgan fingerprint density at radius 1 is 0.958 bits per heavy atom. The zero-order valence-electron chi connectivity index (χ0n) is 13.6. The Balaban J connectivity index is 2.00. The number of hydrogen-bond donors (Lipinski definition) is 3. The molecule has 2 rings (SSSR count). The third kappa shape index (κ3) is 5.07. The lowest BCUT2D eigenvalue weighted by atomic mass is 10.3. The smallest absolute Gasteiger partial charge is 0.308 e. The molecule has 2 amide bonds. The van der Waals surface area contributed by atoms with Crippen LogP contribution in [0.5, 0.6) is 0 Å². The van der Waals surface area contributed by atoms with Crippen LogP contribution in [0.1, 0.15) is 20.3 Å². The summed E-state index contributed by atoms with van der Waals surface area (Å²) in [6.45, 7) is 3.72. The summed E-state index contributed by atoms with van der Waals surface area (Å²) in [4.78, 5) is 12.1. The number of amides is 2. The first-order valence-corrected chi connectivity index (χ1v) is 9.14. The molecule has 2 aromatic carbocycles. The topological polar surface area (TPSA) is 87.3 Å². The second-order valence-electron chi connectivity index (χ2n) is 5.40. The summed E-state index contributed by atoms with van der Waals surface area (Å²) in [5.74, 6) is 0. The molecule has 0 bridgehead atoms. The molecule has 0 aromatic heterocycles. The van der Waals surface area contributed by atoms with E-state index in [4.69, 9.17) is 0 Å². The summed E-state index contributed by atoms with van der Waals surface area (Å²) >= 11 is 0. The van der Waals surface area contributed by atoms with Gasteiger partial charge >= 0.3 is 6.03 Å². The fourth-order valence-electron chi connectivity index (χ4n) is 1.95. The number of rotatable bonds is 6. The minimum Gasteiger partial charge on any atom is -0.308 e. The first kappa shape index (κ1) is 18.0. The van der Waals surface area contributed by atoms with E-state index in [1.807, 2.05) is 25.1 Å². The molecule has 0 aliphatic heterocycles. The lowest BCUT2D eigenvalue weighted by Gasteiger charge is -2.12. The van der Waals surface area contributed by atoms with Crippen LogP contribution in [-0.2, 0) is 10.0 Å². The number of anilines is 2. The zero-order valence-corrected chi connectivity index (χ0v) is 14.4. The van der Waals surface area contributed by atoms with Crippen LogP contribution >= 0.6 is 0 Å². The molecule has 7 heteroatoms. The molecule has 2 aromatic rings. The predicted octanol–water partition coefficient (Wildman–Crippen LogP) is 3.41. The van der Waals surface area contributed by atoms with E-state index in [0.29, 0.717) is 17.8 Å². The van der Waals surface area contributed by atoms with Crippen LogP contribution in [0.2, 0.25) is 0 Å². The van der Waals surface area contributed by atoms with Crippen molar-refractivity contribution in [3.8, 4) is 0 Å². The first-order valence-electron chi connectivity index (χ1n) is 7.66. The minimum absolute atomic E-state index is 0.135. The molecule has 24 heavy (non-hydrogen) atoms. The maximum atomic E-state index is 12.2. The predicted molar refractivity (Wildman–Crippen MR) is 95.6 cm³/mol. The molecule has 1 atom stereocenters. The molecule has 0 spiro atoms. The number of nitrogens with one attached hydrogen (secondary N) is 3. The Morgan fingerprint density at radius 3 is 2.04 bits per heavy atom. The average molecular weight is 347 g/mol. The van der Waals surface area contributed by atoms with Crippen molar-refractivity contribution in [1.82, 2.24) is 4.72 Å². The number of para-hydroxylation sites is 1. The number of carbonyl (C=O) groups excluding carboxylic acids is 1. The molecule has 0 aliphatic carbocycles. The highest BCUT2D eigenvalue weighted by molar-refractivity contribution is 7.89. The number of carbonyl (C=O) groups is 1. The molecule has 0 radical (unpaired) electrons. The van der Waals surface area contributed by atoms with Gasteiger partial charge in [0.15, 0.2) is 0 Å². The molecule has 1 unspecified atom stereocenters. The highest BCUT2D eigenvalue weighted by Crippen LogP contribution is 2.15. The summed E-state index contributed by atoms with van der Waals surface area (Å²) in [6.07, 6.45) is 0.707. The Bertz CT molecular complexity index is 774. The second kappa shape index (κ2) is 7.94. The van der Waals surface area contributed by atoms with Crippen LogP contribution in [0.4, 0.5) is 16.2 Å². The zero-order chi connectivity index (χ0) is 17.6. The molecular formula is C17H21N3O3S. The van der Waals surface area contributed by atoms with Crippen LogP contribution < -0.4 is 15.4 Å². The molecule has 3 N–H and O–H groups in total. The third-order valence-corrected chi connectivity index (χ3v) is 5.03. The van der Waals surface area contributed by atoms with E-state index in [2.05, 4.69) is 15.4 Å². The van der Waals surface area contributed by atoms with E-state index in [1.165, 1.54) is 12.1 Å². The average Bonchev–Trinajstić information content (AvgIpc) is 2.55. The van der Waals surface area contributed by atoms with Gasteiger partial charge in [0.1, 0.15) is 0 Å². The largest absolute Gasteiger partial charge is 0.323 e. The molecule has 0 aliphatic rings. The first-order chi connectivity index (χ1) is 11.4. The lowest BCUT2D eigenvalue weighted by Crippen LogP contribution is -2.31. The van der Waals surface area contributed by atoms with Gasteiger partial charge in [-0.3, -0.25) is 0 Å². The van der Waals surface area contributed by atoms with Gasteiger partial charge < -0.3 is 10.6 Å². The summed E-state index contributed by atoms with van der Waals surface area (Å²) < 4.78 is 26.9. The normalized spacial score (nSPS) is 12.4.